The summed E-state index contributed by atoms with van der Waals surface area (Å²) in [6, 6.07) is 13.0. The van der Waals surface area contributed by atoms with Gasteiger partial charge in [0, 0.05) is 57.4 Å². The molecule has 1 aromatic rings. The molecule has 1 heterocycles. The fourth-order valence-electron chi connectivity index (χ4n) is 4.21. The number of aliphatic imine (C=N–C) groups is 1. The number of nitrogens with one attached hydrogen (secondary N) is 2. The van der Waals surface area contributed by atoms with Gasteiger partial charge in [-0.3, -0.25) is 14.8 Å². The third-order valence-corrected chi connectivity index (χ3v) is 5.80. The molecule has 1 aromatic carbocycles. The second kappa shape index (κ2) is 13.4. The summed E-state index contributed by atoms with van der Waals surface area (Å²) >= 11 is 0. The number of benzene rings is 1. The highest BCUT2D eigenvalue weighted by Gasteiger charge is 2.26. The van der Waals surface area contributed by atoms with Crippen molar-refractivity contribution in [3.05, 3.63) is 35.9 Å². The van der Waals surface area contributed by atoms with E-state index in [2.05, 4.69) is 90.4 Å². The van der Waals surface area contributed by atoms with E-state index in [1.54, 1.807) is 0 Å². The molecule has 0 bridgehead atoms. The predicted octanol–water partition coefficient (Wildman–Crippen LogP) is 3.94. The average molecular weight is 516 g/mol. The first-order valence-corrected chi connectivity index (χ1v) is 10.9. The number of hydrogen-bond donors (Lipinski definition) is 2. The molecular formula is C23H42IN5. The van der Waals surface area contributed by atoms with Crippen molar-refractivity contribution in [1.29, 1.82) is 0 Å². The van der Waals surface area contributed by atoms with Crippen molar-refractivity contribution in [3.63, 3.8) is 0 Å². The zero-order valence-corrected chi connectivity index (χ0v) is 21.5. The molecule has 5 nitrogen and oxygen atoms in total. The maximum absolute atomic E-state index is 4.44. The van der Waals surface area contributed by atoms with E-state index in [1.807, 2.05) is 7.05 Å². The summed E-state index contributed by atoms with van der Waals surface area (Å²) in [5.41, 5.74) is 1.40. The molecule has 0 saturated carbocycles. The van der Waals surface area contributed by atoms with Gasteiger partial charge in [-0.15, -0.1) is 24.0 Å². The van der Waals surface area contributed by atoms with Gasteiger partial charge in [-0.25, -0.2) is 0 Å². The van der Waals surface area contributed by atoms with Gasteiger partial charge < -0.3 is 10.6 Å². The molecule has 0 radical (unpaired) electrons. The van der Waals surface area contributed by atoms with Gasteiger partial charge in [-0.1, -0.05) is 30.3 Å². The molecule has 2 rings (SSSR count). The molecule has 0 aromatic heterocycles. The maximum Gasteiger partial charge on any atom is 0.191 e. The maximum atomic E-state index is 4.44. The normalized spacial score (nSPS) is 20.8. The molecule has 1 aliphatic heterocycles. The van der Waals surface area contributed by atoms with Crippen LogP contribution in [0.25, 0.3) is 0 Å². The van der Waals surface area contributed by atoms with Gasteiger partial charge in [0.05, 0.1) is 0 Å². The average Bonchev–Trinajstić information content (AvgIpc) is 2.66. The van der Waals surface area contributed by atoms with Gasteiger partial charge in [0.2, 0.25) is 0 Å². The highest BCUT2D eigenvalue weighted by atomic mass is 127. The zero-order valence-electron chi connectivity index (χ0n) is 19.2. The lowest BCUT2D eigenvalue weighted by atomic mass is 9.97. The van der Waals surface area contributed by atoms with Crippen LogP contribution < -0.4 is 10.6 Å². The summed E-state index contributed by atoms with van der Waals surface area (Å²) in [5.74, 6) is 0.932. The van der Waals surface area contributed by atoms with Gasteiger partial charge in [0.25, 0.3) is 0 Å². The van der Waals surface area contributed by atoms with E-state index in [4.69, 9.17) is 0 Å². The smallest absolute Gasteiger partial charge is 0.191 e. The lowest BCUT2D eigenvalue weighted by Crippen LogP contribution is -2.52. The number of rotatable bonds is 8. The number of likely N-dealkylation sites (tertiary alicyclic amines) is 1. The molecule has 29 heavy (non-hydrogen) atoms. The minimum Gasteiger partial charge on any atom is -0.355 e. The molecular weight excluding hydrogens is 473 g/mol. The van der Waals surface area contributed by atoms with Crippen LogP contribution in [0.2, 0.25) is 0 Å². The van der Waals surface area contributed by atoms with Crippen LogP contribution in [0.5, 0.6) is 0 Å². The first-order valence-electron chi connectivity index (χ1n) is 10.9. The van der Waals surface area contributed by atoms with Crippen LogP contribution >= 0.6 is 24.0 Å². The Morgan fingerprint density at radius 1 is 1.17 bits per heavy atom. The Balaban J connectivity index is 0.00000420. The molecule has 1 fully saturated rings. The monoisotopic (exact) mass is 515 g/mol. The van der Waals surface area contributed by atoms with Crippen molar-refractivity contribution in [2.75, 3.05) is 26.7 Å². The minimum absolute atomic E-state index is 0. The SMILES string of the molecule is CN=C(NCCN(C(C)C)C(C)C)NC1CCN(Cc2ccccc2)C(C)C1.I. The first kappa shape index (κ1) is 26.2. The van der Waals surface area contributed by atoms with E-state index in [9.17, 15) is 0 Å². The van der Waals surface area contributed by atoms with E-state index in [0.29, 0.717) is 24.2 Å². The number of hydrogen-bond acceptors (Lipinski definition) is 3. The summed E-state index contributed by atoms with van der Waals surface area (Å²) in [4.78, 5) is 9.54. The van der Waals surface area contributed by atoms with Crippen molar-refractivity contribution in [2.45, 2.75) is 78.2 Å². The lowest BCUT2D eigenvalue weighted by molar-refractivity contribution is 0.134. The number of halogens is 1. The largest absolute Gasteiger partial charge is 0.355 e. The van der Waals surface area contributed by atoms with Gasteiger partial charge in [0.1, 0.15) is 0 Å². The van der Waals surface area contributed by atoms with Crippen molar-refractivity contribution < 1.29 is 0 Å². The molecule has 0 amide bonds. The van der Waals surface area contributed by atoms with Gasteiger partial charge in [-0.2, -0.15) is 0 Å². The highest BCUT2D eigenvalue weighted by Crippen LogP contribution is 2.19. The standard InChI is InChI=1S/C23H41N5.HI/c1-18(2)28(19(3)4)15-13-25-23(24-6)26-22-12-14-27(20(5)16-22)17-21-10-8-7-9-11-21;/h7-11,18-20,22H,12-17H2,1-6H3,(H2,24,25,26);1H. The van der Waals surface area contributed by atoms with Gasteiger partial charge in [-0.05, 0) is 53.0 Å². The molecule has 166 valence electrons. The summed E-state index contributed by atoms with van der Waals surface area (Å²) in [5, 5.41) is 7.15. The summed E-state index contributed by atoms with van der Waals surface area (Å²) in [6.45, 7) is 15.5. The fourth-order valence-corrected chi connectivity index (χ4v) is 4.21. The Morgan fingerprint density at radius 3 is 2.38 bits per heavy atom. The Labute approximate surface area is 195 Å². The highest BCUT2D eigenvalue weighted by molar-refractivity contribution is 14.0. The molecule has 6 heteroatoms. The van der Waals surface area contributed by atoms with Crippen LogP contribution in [0.1, 0.15) is 53.0 Å². The molecule has 0 spiro atoms. The van der Waals surface area contributed by atoms with Gasteiger partial charge in [0.15, 0.2) is 5.96 Å². The quantitative estimate of drug-likeness (QED) is 0.313. The van der Waals surface area contributed by atoms with E-state index in [0.717, 1.165) is 45.0 Å². The summed E-state index contributed by atoms with van der Waals surface area (Å²) in [6.07, 6.45) is 2.31. The van der Waals surface area contributed by atoms with Gasteiger partial charge >= 0.3 is 0 Å². The molecule has 2 atom stereocenters. The third kappa shape index (κ3) is 8.80. The third-order valence-electron chi connectivity index (χ3n) is 5.80. The molecule has 0 aliphatic carbocycles. The first-order chi connectivity index (χ1) is 13.4. The van der Waals surface area contributed by atoms with Crippen LogP contribution in [-0.4, -0.2) is 66.6 Å². The second-order valence-electron chi connectivity index (χ2n) is 8.60. The van der Waals surface area contributed by atoms with Crippen molar-refractivity contribution in [2.24, 2.45) is 4.99 Å². The Bertz CT molecular complexity index is 582. The fraction of sp³-hybridized carbons (Fsp3) is 0.696. The van der Waals surface area contributed by atoms with Crippen molar-refractivity contribution >= 4 is 29.9 Å². The van der Waals surface area contributed by atoms with Crippen molar-refractivity contribution in [1.82, 2.24) is 20.4 Å². The molecule has 2 N–H and O–H groups in total. The Kier molecular flexibility index (Phi) is 12.1. The topological polar surface area (TPSA) is 42.9 Å². The summed E-state index contributed by atoms with van der Waals surface area (Å²) in [7, 11) is 1.87. The van der Waals surface area contributed by atoms with Crippen LogP contribution in [0.15, 0.2) is 35.3 Å². The number of piperidine rings is 1. The predicted molar refractivity (Wildman–Crippen MR) is 136 cm³/mol. The van der Waals surface area contributed by atoms with Crippen LogP contribution in [-0.2, 0) is 6.54 Å². The van der Waals surface area contributed by atoms with E-state index < -0.39 is 0 Å². The minimum atomic E-state index is 0. The van der Waals surface area contributed by atoms with E-state index >= 15 is 0 Å². The Hall–Kier alpha value is -0.860. The zero-order chi connectivity index (χ0) is 20.5. The molecule has 1 aliphatic rings. The molecule has 1 saturated heterocycles. The van der Waals surface area contributed by atoms with Crippen LogP contribution in [0, 0.1) is 0 Å². The lowest BCUT2D eigenvalue weighted by Gasteiger charge is -2.38. The number of nitrogens with zero attached hydrogens (tertiary/aromatic N) is 3. The van der Waals surface area contributed by atoms with Crippen LogP contribution in [0.3, 0.4) is 0 Å². The Morgan fingerprint density at radius 2 is 1.83 bits per heavy atom. The van der Waals surface area contributed by atoms with E-state index in [-0.39, 0.29) is 24.0 Å². The molecule has 2 unspecified atom stereocenters. The van der Waals surface area contributed by atoms with E-state index in [1.165, 1.54) is 5.56 Å². The number of guanidine groups is 1. The second-order valence-corrected chi connectivity index (χ2v) is 8.60. The van der Waals surface area contributed by atoms with Crippen molar-refractivity contribution in [3.8, 4) is 0 Å². The van der Waals surface area contributed by atoms with Crippen LogP contribution in [0.4, 0.5) is 0 Å². The summed E-state index contributed by atoms with van der Waals surface area (Å²) < 4.78 is 0.